The summed E-state index contributed by atoms with van der Waals surface area (Å²) in [5, 5.41) is 8.58. The van der Waals surface area contributed by atoms with Gasteiger partial charge in [0.2, 0.25) is 0 Å². The zero-order valence-corrected chi connectivity index (χ0v) is 16.0. The minimum atomic E-state index is -0.318. The normalized spacial score (nSPS) is 11.4. The van der Waals surface area contributed by atoms with Crippen LogP contribution in [0, 0.1) is 0 Å². The van der Waals surface area contributed by atoms with Crippen LogP contribution in [0.3, 0.4) is 0 Å². The molecule has 0 saturated carbocycles. The maximum Gasteiger partial charge on any atom is 0.291 e. The third-order valence-corrected chi connectivity index (χ3v) is 4.39. The standard InChI is InChI=1S/C20H19BrN4O/c1-2-18(16-6-4-3-5-7-16)22-23-20(26)19-12-13-25(24-19)14-15-8-10-17(21)11-9-15/h3-13H,2,14H2,1H3,(H,23,26)/b22-18+. The second kappa shape index (κ2) is 8.58. The minimum Gasteiger partial charge on any atom is -0.268 e. The zero-order chi connectivity index (χ0) is 18.4. The van der Waals surface area contributed by atoms with Gasteiger partial charge < -0.3 is 0 Å². The first-order valence-corrected chi connectivity index (χ1v) is 9.15. The van der Waals surface area contributed by atoms with Crippen molar-refractivity contribution in [3.8, 4) is 0 Å². The van der Waals surface area contributed by atoms with Crippen molar-refractivity contribution in [1.29, 1.82) is 0 Å². The molecule has 0 fully saturated rings. The van der Waals surface area contributed by atoms with Gasteiger partial charge in [-0.25, -0.2) is 5.43 Å². The van der Waals surface area contributed by atoms with E-state index in [0.29, 0.717) is 12.2 Å². The molecule has 26 heavy (non-hydrogen) atoms. The van der Waals surface area contributed by atoms with E-state index in [2.05, 4.69) is 31.6 Å². The van der Waals surface area contributed by atoms with Crippen LogP contribution >= 0.6 is 15.9 Å². The molecular formula is C20H19BrN4O. The van der Waals surface area contributed by atoms with Gasteiger partial charge in [-0.15, -0.1) is 0 Å². The first-order valence-electron chi connectivity index (χ1n) is 8.36. The Morgan fingerprint density at radius 1 is 1.12 bits per heavy atom. The molecule has 0 aliphatic heterocycles. The van der Waals surface area contributed by atoms with Crippen molar-refractivity contribution in [2.75, 3.05) is 0 Å². The predicted molar refractivity (Wildman–Crippen MR) is 106 cm³/mol. The minimum absolute atomic E-state index is 0.318. The van der Waals surface area contributed by atoms with Crippen LogP contribution in [-0.2, 0) is 6.54 Å². The number of hydrogen-bond acceptors (Lipinski definition) is 3. The molecular weight excluding hydrogens is 392 g/mol. The molecule has 0 atom stereocenters. The molecule has 0 bridgehead atoms. The molecule has 1 N–H and O–H groups in total. The molecule has 0 aliphatic rings. The second-order valence-electron chi connectivity index (χ2n) is 5.74. The molecule has 1 heterocycles. The first-order chi connectivity index (χ1) is 12.7. The maximum atomic E-state index is 12.3. The molecule has 0 spiro atoms. The van der Waals surface area contributed by atoms with E-state index in [4.69, 9.17) is 0 Å². The third kappa shape index (κ3) is 4.67. The van der Waals surface area contributed by atoms with Crippen molar-refractivity contribution in [2.24, 2.45) is 5.10 Å². The van der Waals surface area contributed by atoms with Gasteiger partial charge in [0, 0.05) is 10.7 Å². The molecule has 6 heteroatoms. The summed E-state index contributed by atoms with van der Waals surface area (Å²) in [6.45, 7) is 2.61. The van der Waals surface area contributed by atoms with E-state index in [1.807, 2.05) is 61.5 Å². The van der Waals surface area contributed by atoms with E-state index in [-0.39, 0.29) is 5.91 Å². The van der Waals surface area contributed by atoms with Gasteiger partial charge in [-0.1, -0.05) is 65.3 Å². The Labute approximate surface area is 160 Å². The molecule has 1 amide bonds. The highest BCUT2D eigenvalue weighted by atomic mass is 79.9. The lowest BCUT2D eigenvalue weighted by Gasteiger charge is -2.04. The van der Waals surface area contributed by atoms with Gasteiger partial charge in [0.25, 0.3) is 5.91 Å². The fraction of sp³-hybridized carbons (Fsp3) is 0.150. The summed E-state index contributed by atoms with van der Waals surface area (Å²) in [6, 6.07) is 19.5. The first kappa shape index (κ1) is 18.1. The van der Waals surface area contributed by atoms with Crippen LogP contribution in [0.15, 0.2) is 76.4 Å². The molecule has 2 aromatic carbocycles. The van der Waals surface area contributed by atoms with Crippen LogP contribution in [0.4, 0.5) is 0 Å². The summed E-state index contributed by atoms with van der Waals surface area (Å²) in [4.78, 5) is 12.3. The van der Waals surface area contributed by atoms with Crippen molar-refractivity contribution < 1.29 is 4.79 Å². The summed E-state index contributed by atoms with van der Waals surface area (Å²) in [7, 11) is 0. The highest BCUT2D eigenvalue weighted by Crippen LogP contribution is 2.11. The molecule has 0 radical (unpaired) electrons. The number of nitrogens with zero attached hydrogens (tertiary/aromatic N) is 3. The van der Waals surface area contributed by atoms with Crippen LogP contribution in [0.1, 0.15) is 35.0 Å². The quantitative estimate of drug-likeness (QED) is 0.487. The molecule has 5 nitrogen and oxygen atoms in total. The fourth-order valence-corrected chi connectivity index (χ4v) is 2.77. The van der Waals surface area contributed by atoms with E-state index in [9.17, 15) is 4.79 Å². The van der Waals surface area contributed by atoms with Crippen LogP contribution in [0.5, 0.6) is 0 Å². The lowest BCUT2D eigenvalue weighted by Crippen LogP contribution is -2.21. The van der Waals surface area contributed by atoms with Gasteiger partial charge >= 0.3 is 0 Å². The molecule has 0 unspecified atom stereocenters. The van der Waals surface area contributed by atoms with Crippen LogP contribution in [-0.4, -0.2) is 21.4 Å². The summed E-state index contributed by atoms with van der Waals surface area (Å²) >= 11 is 3.42. The Balaban J connectivity index is 1.66. The summed E-state index contributed by atoms with van der Waals surface area (Å²) in [5.74, 6) is -0.318. The number of aromatic nitrogens is 2. The number of amides is 1. The van der Waals surface area contributed by atoms with Crippen molar-refractivity contribution in [2.45, 2.75) is 19.9 Å². The van der Waals surface area contributed by atoms with Gasteiger partial charge in [0.15, 0.2) is 5.69 Å². The molecule has 1 aromatic heterocycles. The van der Waals surface area contributed by atoms with Gasteiger partial charge in [-0.05, 0) is 35.7 Å². The smallest absolute Gasteiger partial charge is 0.268 e. The summed E-state index contributed by atoms with van der Waals surface area (Å²) in [5.41, 5.74) is 5.88. The Bertz CT molecular complexity index is 901. The predicted octanol–water partition coefficient (Wildman–Crippen LogP) is 4.24. The molecule has 3 aromatic rings. The van der Waals surface area contributed by atoms with Crippen molar-refractivity contribution >= 4 is 27.5 Å². The number of benzene rings is 2. The largest absolute Gasteiger partial charge is 0.291 e. The monoisotopic (exact) mass is 410 g/mol. The number of hydrazone groups is 1. The zero-order valence-electron chi connectivity index (χ0n) is 14.4. The van der Waals surface area contributed by atoms with E-state index < -0.39 is 0 Å². The third-order valence-electron chi connectivity index (χ3n) is 3.87. The topological polar surface area (TPSA) is 59.3 Å². The Morgan fingerprint density at radius 2 is 1.85 bits per heavy atom. The SMILES string of the molecule is CC/C(=N\NC(=O)c1ccn(Cc2ccc(Br)cc2)n1)c1ccccc1. The fourth-order valence-electron chi connectivity index (χ4n) is 2.50. The second-order valence-corrected chi connectivity index (χ2v) is 6.66. The van der Waals surface area contributed by atoms with E-state index >= 15 is 0 Å². The molecule has 132 valence electrons. The highest BCUT2D eigenvalue weighted by molar-refractivity contribution is 9.10. The molecule has 0 aliphatic carbocycles. The number of carbonyl (C=O) groups is 1. The highest BCUT2D eigenvalue weighted by Gasteiger charge is 2.10. The van der Waals surface area contributed by atoms with Gasteiger partial charge in [-0.3, -0.25) is 9.48 Å². The Kier molecular flexibility index (Phi) is 5.96. The number of hydrogen-bond donors (Lipinski definition) is 1. The maximum absolute atomic E-state index is 12.3. The van der Waals surface area contributed by atoms with E-state index in [1.54, 1.807) is 16.9 Å². The van der Waals surface area contributed by atoms with Crippen LogP contribution in [0.25, 0.3) is 0 Å². The van der Waals surface area contributed by atoms with Gasteiger partial charge in [0.1, 0.15) is 0 Å². The van der Waals surface area contributed by atoms with Crippen molar-refractivity contribution in [3.05, 3.63) is 88.2 Å². The van der Waals surface area contributed by atoms with Crippen LogP contribution < -0.4 is 5.43 Å². The number of rotatable bonds is 6. The molecule has 3 rings (SSSR count). The molecule has 0 saturated heterocycles. The average molecular weight is 411 g/mol. The number of carbonyl (C=O) groups excluding carboxylic acids is 1. The van der Waals surface area contributed by atoms with Gasteiger partial charge in [-0.2, -0.15) is 10.2 Å². The van der Waals surface area contributed by atoms with Crippen molar-refractivity contribution in [1.82, 2.24) is 15.2 Å². The van der Waals surface area contributed by atoms with E-state index in [1.165, 1.54) is 0 Å². The van der Waals surface area contributed by atoms with E-state index in [0.717, 1.165) is 27.7 Å². The number of halogens is 1. The average Bonchev–Trinajstić information content (AvgIpc) is 3.13. The summed E-state index contributed by atoms with van der Waals surface area (Å²) < 4.78 is 2.77. The van der Waals surface area contributed by atoms with Crippen LogP contribution in [0.2, 0.25) is 0 Å². The Morgan fingerprint density at radius 3 is 2.54 bits per heavy atom. The van der Waals surface area contributed by atoms with Crippen molar-refractivity contribution in [3.63, 3.8) is 0 Å². The number of nitrogens with one attached hydrogen (secondary N) is 1. The lowest BCUT2D eigenvalue weighted by atomic mass is 10.1. The summed E-state index contributed by atoms with van der Waals surface area (Å²) in [6.07, 6.45) is 2.51. The Hall–Kier alpha value is -2.73. The lowest BCUT2D eigenvalue weighted by molar-refractivity contribution is 0.0949. The van der Waals surface area contributed by atoms with Gasteiger partial charge in [0.05, 0.1) is 12.3 Å².